The van der Waals surface area contributed by atoms with Gasteiger partial charge in [-0.3, -0.25) is 0 Å². The van der Waals surface area contributed by atoms with Crippen molar-refractivity contribution in [2.75, 3.05) is 74.3 Å². The van der Waals surface area contributed by atoms with E-state index in [1.165, 1.54) is 24.0 Å². The quantitative estimate of drug-likeness (QED) is 0.0654. The molecule has 4 aliphatic rings. The van der Waals surface area contributed by atoms with Gasteiger partial charge in [0.1, 0.15) is 47.7 Å². The normalized spacial score (nSPS) is 15.4. The second kappa shape index (κ2) is 29.1. The molecule has 22 nitrogen and oxygen atoms in total. The van der Waals surface area contributed by atoms with Crippen LogP contribution in [0.25, 0.3) is 0 Å². The third-order valence-corrected chi connectivity index (χ3v) is 20.2. The number of aryl methyl sites for hydroxylation is 2. The largest absolute Gasteiger partial charge is 0.486 e. The minimum atomic E-state index is -3.56. The summed E-state index contributed by atoms with van der Waals surface area (Å²) in [4.78, 5) is 45.4. The Morgan fingerprint density at radius 3 is 1.42 bits per heavy atom. The van der Waals surface area contributed by atoms with Gasteiger partial charge in [0, 0.05) is 37.3 Å². The number of para-hydroxylation sites is 2. The van der Waals surface area contributed by atoms with Crippen molar-refractivity contribution in [2.45, 2.75) is 152 Å². The Hall–Kier alpha value is -7.25. The number of hydrogen-bond acceptors (Lipinski definition) is 20. The molecule has 2 aromatic heterocycles. The third-order valence-electron chi connectivity index (χ3n) is 15.1. The first-order valence-corrected chi connectivity index (χ1v) is 34.3. The molecular formula is C64H81Cl3N10O12S2. The van der Waals surface area contributed by atoms with Crippen molar-refractivity contribution < 1.29 is 54.8 Å². The highest BCUT2D eigenvalue weighted by atomic mass is 35.5. The van der Waals surface area contributed by atoms with E-state index in [1.54, 1.807) is 80.0 Å². The molecule has 6 heterocycles. The van der Waals surface area contributed by atoms with Crippen LogP contribution in [0.5, 0.6) is 23.0 Å². The minimum absolute atomic E-state index is 0.0195. The molecule has 0 saturated carbocycles. The Morgan fingerprint density at radius 2 is 0.967 bits per heavy atom. The van der Waals surface area contributed by atoms with Crippen LogP contribution >= 0.6 is 34.8 Å². The van der Waals surface area contributed by atoms with Crippen LogP contribution in [-0.4, -0.2) is 133 Å². The number of benzene rings is 4. The molecule has 10 rings (SSSR count). The lowest BCUT2D eigenvalue weighted by atomic mass is 9.85. The average Bonchev–Trinajstić information content (AvgIpc) is 1.02. The summed E-state index contributed by atoms with van der Waals surface area (Å²) in [6.07, 6.45) is 5.56. The Labute approximate surface area is 548 Å². The van der Waals surface area contributed by atoms with Crippen molar-refractivity contribution in [3.8, 4) is 23.0 Å². The number of nitrogens with zero attached hydrogens (tertiary/aromatic N) is 6. The molecule has 0 unspecified atom stereocenters. The van der Waals surface area contributed by atoms with Crippen molar-refractivity contribution in [1.29, 1.82) is 0 Å². The molecule has 5 N–H and O–H groups in total. The fourth-order valence-corrected chi connectivity index (χ4v) is 13.5. The molecule has 0 bridgehead atoms. The van der Waals surface area contributed by atoms with Crippen LogP contribution < -0.4 is 40.6 Å². The van der Waals surface area contributed by atoms with Crippen LogP contribution in [0.3, 0.4) is 0 Å². The predicted octanol–water partition coefficient (Wildman–Crippen LogP) is 14.2. The number of amides is 2. The molecule has 91 heavy (non-hydrogen) atoms. The maximum Gasteiger partial charge on any atom is 0.410 e. The fourth-order valence-electron chi connectivity index (χ4n) is 10.7. The Morgan fingerprint density at radius 1 is 0.571 bits per heavy atom. The van der Waals surface area contributed by atoms with Gasteiger partial charge in [-0.15, -0.1) is 0 Å². The van der Waals surface area contributed by atoms with E-state index in [2.05, 4.69) is 42.8 Å². The number of piperidine rings is 2. The molecule has 2 amide bonds. The summed E-state index contributed by atoms with van der Waals surface area (Å²) in [6.45, 7) is 26.3. The number of halogens is 3. The number of aromatic nitrogens is 4. The van der Waals surface area contributed by atoms with Crippen LogP contribution in [0.4, 0.5) is 49.9 Å². The number of nitrogen functional groups attached to an aromatic ring is 1. The SMILES string of the molecule is CC(C)S(=O)(=O)c1ccccc1Nc1nc(Cl)ncc1Cl.Cc1cc(N)c2c(c1C1CCN(C(=O)OC(C)(C)C)CC1)OCCO2.Cc1cc(Nc2ncc(Cl)c(Nc3ccccc3S(=O)(=O)C(C)C)n2)c2c(c1C1CCN(C(=O)OC(C)(C)C)CC1)OCCO2. The number of nitrogens with one attached hydrogen (secondary N) is 3. The van der Waals surface area contributed by atoms with Crippen molar-refractivity contribution in [3.63, 3.8) is 0 Å². The van der Waals surface area contributed by atoms with Crippen molar-refractivity contribution in [2.24, 2.45) is 0 Å². The van der Waals surface area contributed by atoms with Crippen molar-refractivity contribution >= 4 is 107 Å². The average molecular weight is 1350 g/mol. The number of nitrogens with two attached hydrogens (primary N) is 1. The first-order chi connectivity index (χ1) is 42.8. The monoisotopic (exact) mass is 1350 g/mol. The number of hydrogen-bond donors (Lipinski definition) is 4. The number of fused-ring (bicyclic) bond motifs is 2. The highest BCUT2D eigenvalue weighted by Gasteiger charge is 2.35. The second-order valence-corrected chi connectivity index (χ2v) is 30.9. The Kier molecular flexibility index (Phi) is 22.3. The van der Waals surface area contributed by atoms with E-state index in [1.807, 2.05) is 60.6 Å². The summed E-state index contributed by atoms with van der Waals surface area (Å²) in [5.74, 6) is 3.95. The Bertz CT molecular complexity index is 3850. The molecule has 0 radical (unpaired) electrons. The van der Waals surface area contributed by atoms with Crippen LogP contribution in [0.15, 0.2) is 82.8 Å². The van der Waals surface area contributed by atoms with Gasteiger partial charge >= 0.3 is 12.2 Å². The number of sulfone groups is 2. The standard InChI is InChI=1S/C32H40ClN5O6S.C19H28N2O4.C13H13Cl2N3O2S/c1-19(2)45(40,41)25-10-8-7-9-23(25)35-29-22(33)18-34-30(37-29)36-24-17-20(3)26(28-27(24)42-15-16-43-28)21-11-13-38(14-12-21)31(39)44-32(4,5)6;1-12-11-14(20)16-17(24-10-9-23-16)15(12)13-5-7-21(8-6-13)18(22)25-19(2,3)4;1-8(2)21(19,20)11-6-4-3-5-10(11)17-12-9(14)7-16-13(15)18-12/h7-10,17-19,21H,11-16H2,1-6H3,(H2,34,35,36,37);11,13H,5-10,20H2,1-4H3;3-8H,1-2H3,(H,16,17,18). The van der Waals surface area contributed by atoms with E-state index >= 15 is 0 Å². The molecule has 0 atom stereocenters. The van der Waals surface area contributed by atoms with Gasteiger partial charge in [-0.2, -0.15) is 9.97 Å². The summed E-state index contributed by atoms with van der Waals surface area (Å²) in [6, 6.07) is 17.1. The first kappa shape index (κ1) is 69.6. The van der Waals surface area contributed by atoms with Gasteiger partial charge in [0.2, 0.25) is 11.2 Å². The number of ether oxygens (including phenoxy) is 6. The van der Waals surface area contributed by atoms with Crippen LogP contribution in [0, 0.1) is 13.8 Å². The van der Waals surface area contributed by atoms with Crippen molar-refractivity contribution in [3.05, 3.63) is 111 Å². The van der Waals surface area contributed by atoms with Gasteiger partial charge in [-0.1, -0.05) is 47.5 Å². The lowest BCUT2D eigenvalue weighted by Gasteiger charge is -2.35. The van der Waals surface area contributed by atoms with Crippen LogP contribution in [0.1, 0.15) is 129 Å². The molecule has 0 aliphatic carbocycles. The zero-order valence-electron chi connectivity index (χ0n) is 53.3. The highest BCUT2D eigenvalue weighted by molar-refractivity contribution is 7.92. The third kappa shape index (κ3) is 17.3. The second-order valence-electron chi connectivity index (χ2n) is 24.8. The van der Waals surface area contributed by atoms with Crippen molar-refractivity contribution in [1.82, 2.24) is 29.7 Å². The molecule has 4 aromatic carbocycles. The minimum Gasteiger partial charge on any atom is -0.486 e. The summed E-state index contributed by atoms with van der Waals surface area (Å²) in [7, 11) is -7.00. The fraction of sp³-hybridized carbons (Fsp3) is 0.469. The number of carbonyl (C=O) groups excluding carboxylic acids is 2. The van der Waals surface area contributed by atoms with Gasteiger partial charge in [0.15, 0.2) is 54.3 Å². The molecule has 2 fully saturated rings. The van der Waals surface area contributed by atoms with Gasteiger partial charge in [-0.25, -0.2) is 36.4 Å². The molecule has 6 aromatic rings. The molecule has 2 saturated heterocycles. The predicted molar refractivity (Wildman–Crippen MR) is 355 cm³/mol. The van der Waals surface area contributed by atoms with Gasteiger partial charge in [-0.05, 0) is 180 Å². The summed E-state index contributed by atoms with van der Waals surface area (Å²) < 4.78 is 85.6. The summed E-state index contributed by atoms with van der Waals surface area (Å²) in [5.41, 5.74) is 11.5. The van der Waals surface area contributed by atoms with Gasteiger partial charge < -0.3 is 59.9 Å². The smallest absolute Gasteiger partial charge is 0.410 e. The van der Waals surface area contributed by atoms with Gasteiger partial charge in [0.05, 0.1) is 55.4 Å². The van der Waals surface area contributed by atoms with E-state index in [4.69, 9.17) is 69.0 Å². The zero-order chi connectivity index (χ0) is 66.3. The molecule has 4 aliphatic heterocycles. The van der Waals surface area contributed by atoms with Gasteiger partial charge in [0.25, 0.3) is 0 Å². The van der Waals surface area contributed by atoms with E-state index < -0.39 is 41.4 Å². The number of rotatable bonds is 12. The Balaban J connectivity index is 0.000000195. The van der Waals surface area contributed by atoms with E-state index in [0.29, 0.717) is 98.5 Å². The molecule has 492 valence electrons. The van der Waals surface area contributed by atoms with E-state index in [0.717, 1.165) is 48.1 Å². The zero-order valence-corrected chi connectivity index (χ0v) is 57.2. The lowest BCUT2D eigenvalue weighted by Crippen LogP contribution is -2.41. The maximum atomic E-state index is 13.0. The van der Waals surface area contributed by atoms with E-state index in [9.17, 15) is 26.4 Å². The molecular weight excluding hydrogens is 1270 g/mol. The highest BCUT2D eigenvalue weighted by Crippen LogP contribution is 2.49. The molecule has 27 heteroatoms. The number of likely N-dealkylation sites (tertiary alicyclic amines) is 2. The van der Waals surface area contributed by atoms with Crippen LogP contribution in [0.2, 0.25) is 15.3 Å². The number of carbonyl (C=O) groups is 2. The summed E-state index contributed by atoms with van der Waals surface area (Å²) >= 11 is 18.1. The number of anilines is 7. The lowest BCUT2D eigenvalue weighted by molar-refractivity contribution is 0.0193. The first-order valence-electron chi connectivity index (χ1n) is 30.1. The van der Waals surface area contributed by atoms with Crippen LogP contribution in [-0.2, 0) is 29.1 Å². The van der Waals surface area contributed by atoms with E-state index in [-0.39, 0.29) is 60.8 Å². The topological polar surface area (TPSA) is 278 Å². The maximum absolute atomic E-state index is 13.0. The summed E-state index contributed by atoms with van der Waals surface area (Å²) in [5, 5.41) is 8.58. The molecule has 0 spiro atoms.